The molecule has 0 bridgehead atoms. The van der Waals surface area contributed by atoms with Gasteiger partial charge < -0.3 is 30.6 Å². The van der Waals surface area contributed by atoms with Crippen LogP contribution in [0.4, 0.5) is 0 Å². The molecule has 0 radical (unpaired) electrons. The largest absolute Gasteiger partial charge is 0.506 e. The van der Waals surface area contributed by atoms with Crippen LogP contribution in [0.15, 0.2) is 29.2 Å². The van der Waals surface area contributed by atoms with Crippen molar-refractivity contribution >= 4 is 36.3 Å². The van der Waals surface area contributed by atoms with Gasteiger partial charge in [0.15, 0.2) is 5.56 Å². The van der Waals surface area contributed by atoms with Gasteiger partial charge in [0.25, 0.3) is 5.56 Å². The van der Waals surface area contributed by atoms with Crippen LogP contribution in [0.3, 0.4) is 0 Å². The Morgan fingerprint density at radius 3 is 2.68 bits per heavy atom. The van der Waals surface area contributed by atoms with Gasteiger partial charge in [-0.25, -0.2) is 4.79 Å². The van der Waals surface area contributed by atoms with Gasteiger partial charge >= 0.3 is 5.97 Å². The molecule has 0 fully saturated rings. The summed E-state index contributed by atoms with van der Waals surface area (Å²) in [5.41, 5.74) is 9.64. The van der Waals surface area contributed by atoms with Crippen molar-refractivity contribution in [3.8, 4) is 17.0 Å². The van der Waals surface area contributed by atoms with E-state index < -0.39 is 22.8 Å². The molecule has 3 aromatic rings. The number of nitrogens with one attached hydrogen (secondary N) is 2. The topological polar surface area (TPSA) is 133 Å². The van der Waals surface area contributed by atoms with Crippen molar-refractivity contribution < 1.29 is 15.0 Å². The van der Waals surface area contributed by atoms with Gasteiger partial charge in [-0.3, -0.25) is 4.79 Å². The zero-order valence-corrected chi connectivity index (χ0v) is 18.8. The first-order chi connectivity index (χ1) is 13.8. The monoisotopic (exact) mass is 468 g/mol. The number of fused-ring (bicyclic) bond motifs is 3. The van der Waals surface area contributed by atoms with Crippen molar-refractivity contribution in [3.05, 3.63) is 57.1 Å². The first-order valence-electron chi connectivity index (χ1n) is 9.64. The Morgan fingerprint density at radius 2 is 2.06 bits per heavy atom. The van der Waals surface area contributed by atoms with E-state index >= 15 is 0 Å². The number of nitrogens with zero attached hydrogens (tertiary/aromatic N) is 1. The van der Waals surface area contributed by atoms with Gasteiger partial charge in [0.2, 0.25) is 0 Å². The molecule has 0 spiro atoms. The summed E-state index contributed by atoms with van der Waals surface area (Å²) in [5.74, 6) is -1.93. The van der Waals surface area contributed by atoms with E-state index in [0.29, 0.717) is 23.2 Å². The number of pyridine rings is 2. The molecule has 1 aliphatic rings. The minimum Gasteiger partial charge on any atom is -0.506 e. The van der Waals surface area contributed by atoms with E-state index in [9.17, 15) is 19.8 Å². The molecule has 0 aliphatic heterocycles. The lowest BCUT2D eigenvalue weighted by Gasteiger charge is -2.27. The van der Waals surface area contributed by atoms with Gasteiger partial charge in [0.1, 0.15) is 5.75 Å². The summed E-state index contributed by atoms with van der Waals surface area (Å²) in [6.45, 7) is 1.80. The highest BCUT2D eigenvalue weighted by molar-refractivity contribution is 5.92. The highest BCUT2D eigenvalue weighted by atomic mass is 35.5. The van der Waals surface area contributed by atoms with E-state index in [-0.39, 0.29) is 36.9 Å². The standard InChI is InChI=1S/C21H24N4O4.2ClH/c1-3-13-18(24-20(27)17(19(13)26)21(28)29)10-4-5-25-12(6-10)9-14-15(23-2)7-11(22)8-16(14)25;;/h4-6,9,11,15,23H,3,7-8,22H2,1-2H3,(H,28,29)(H2,24,26,27);2*1H. The summed E-state index contributed by atoms with van der Waals surface area (Å²) in [6.07, 6.45) is 3.95. The summed E-state index contributed by atoms with van der Waals surface area (Å²) in [7, 11) is 1.92. The number of carboxylic acids is 1. The Kier molecular flexibility index (Phi) is 7.44. The number of nitrogens with two attached hydrogens (primary N) is 1. The number of aromatic hydroxyl groups is 1. The molecule has 3 heterocycles. The molecule has 31 heavy (non-hydrogen) atoms. The highest BCUT2D eigenvalue weighted by Crippen LogP contribution is 2.35. The lowest BCUT2D eigenvalue weighted by atomic mass is 9.89. The molecule has 4 rings (SSSR count). The van der Waals surface area contributed by atoms with Gasteiger partial charge in [-0.1, -0.05) is 6.92 Å². The minimum atomic E-state index is -1.45. The number of carboxylic acid groups (broad SMARTS) is 1. The maximum absolute atomic E-state index is 12.3. The van der Waals surface area contributed by atoms with Crippen LogP contribution in [0.2, 0.25) is 0 Å². The summed E-state index contributed by atoms with van der Waals surface area (Å²) in [6, 6.07) is 6.16. The zero-order chi connectivity index (χ0) is 20.9. The van der Waals surface area contributed by atoms with E-state index in [2.05, 4.69) is 20.8 Å². The van der Waals surface area contributed by atoms with Crippen molar-refractivity contribution in [2.45, 2.75) is 38.3 Å². The molecular weight excluding hydrogens is 443 g/mol. The maximum Gasteiger partial charge on any atom is 0.345 e. The van der Waals surface area contributed by atoms with E-state index in [1.54, 1.807) is 6.92 Å². The quantitative estimate of drug-likeness (QED) is 0.399. The lowest BCUT2D eigenvalue weighted by molar-refractivity contribution is 0.0691. The third-order valence-corrected chi connectivity index (χ3v) is 5.78. The summed E-state index contributed by atoms with van der Waals surface area (Å²) in [5, 5.41) is 22.9. The fourth-order valence-electron chi connectivity index (χ4n) is 4.38. The molecule has 3 aromatic heterocycles. The maximum atomic E-state index is 12.3. The molecule has 10 heteroatoms. The van der Waals surface area contributed by atoms with E-state index in [1.165, 1.54) is 5.56 Å². The van der Waals surface area contributed by atoms with Crippen molar-refractivity contribution in [3.63, 3.8) is 0 Å². The Bertz CT molecular complexity index is 1190. The fourth-order valence-corrected chi connectivity index (χ4v) is 4.38. The molecule has 2 unspecified atom stereocenters. The van der Waals surface area contributed by atoms with Gasteiger partial charge in [-0.05, 0) is 43.7 Å². The number of aromatic nitrogens is 2. The molecule has 1 aliphatic carbocycles. The minimum absolute atomic E-state index is 0. The summed E-state index contributed by atoms with van der Waals surface area (Å²) < 4.78 is 2.09. The van der Waals surface area contributed by atoms with Crippen molar-refractivity contribution in [1.29, 1.82) is 0 Å². The molecule has 6 N–H and O–H groups in total. The number of H-pyrrole nitrogens is 1. The number of hydrogen-bond donors (Lipinski definition) is 5. The molecule has 0 saturated carbocycles. The molecular formula is C21H26Cl2N4O4. The number of hydrogen-bond acceptors (Lipinski definition) is 5. The van der Waals surface area contributed by atoms with Crippen LogP contribution in [-0.4, -0.2) is 38.7 Å². The van der Waals surface area contributed by atoms with Gasteiger partial charge in [0.05, 0.1) is 5.69 Å². The number of aromatic carboxylic acids is 1. The van der Waals surface area contributed by atoms with Crippen LogP contribution in [0, 0.1) is 0 Å². The number of aromatic amines is 1. The summed E-state index contributed by atoms with van der Waals surface area (Å²) in [4.78, 5) is 26.2. The number of carbonyl (C=O) groups is 1. The van der Waals surface area contributed by atoms with E-state index in [1.807, 2.05) is 25.4 Å². The second-order valence-corrected chi connectivity index (χ2v) is 7.49. The molecule has 0 saturated heterocycles. The first kappa shape index (κ1) is 24.7. The van der Waals surface area contributed by atoms with E-state index in [0.717, 1.165) is 24.1 Å². The SMILES string of the molecule is CCc1c(-c2ccn3c4c(cc3c2)C(NC)CC(N)C4)[nH]c(=O)c(C(=O)O)c1O.Cl.Cl. The molecule has 2 atom stereocenters. The number of halogens is 2. The van der Waals surface area contributed by atoms with Crippen LogP contribution in [-0.2, 0) is 12.8 Å². The van der Waals surface area contributed by atoms with Crippen LogP contribution in [0.25, 0.3) is 16.8 Å². The fraction of sp³-hybridized carbons (Fsp3) is 0.333. The van der Waals surface area contributed by atoms with Crippen molar-refractivity contribution in [2.75, 3.05) is 7.05 Å². The molecule has 0 amide bonds. The molecule has 8 nitrogen and oxygen atoms in total. The Hall–Kier alpha value is -2.52. The van der Waals surface area contributed by atoms with Crippen molar-refractivity contribution in [1.82, 2.24) is 14.7 Å². The smallest absolute Gasteiger partial charge is 0.345 e. The molecule has 0 aromatic carbocycles. The van der Waals surface area contributed by atoms with Crippen LogP contribution >= 0.6 is 24.8 Å². The van der Waals surface area contributed by atoms with E-state index in [4.69, 9.17) is 5.73 Å². The number of rotatable bonds is 4. The Labute approximate surface area is 191 Å². The Balaban J connectivity index is 0.00000171. The predicted octanol–water partition coefficient (Wildman–Crippen LogP) is 2.64. The third kappa shape index (κ3) is 4.04. The van der Waals surface area contributed by atoms with Gasteiger partial charge in [-0.2, -0.15) is 0 Å². The second-order valence-electron chi connectivity index (χ2n) is 7.49. The Morgan fingerprint density at radius 1 is 1.35 bits per heavy atom. The van der Waals surface area contributed by atoms with Crippen LogP contribution < -0.4 is 16.6 Å². The van der Waals surface area contributed by atoms with Gasteiger partial charge in [0, 0.05) is 47.0 Å². The predicted molar refractivity (Wildman–Crippen MR) is 124 cm³/mol. The first-order valence-corrected chi connectivity index (χ1v) is 9.64. The average molecular weight is 469 g/mol. The van der Waals surface area contributed by atoms with Crippen molar-refractivity contribution in [2.24, 2.45) is 5.73 Å². The molecule has 168 valence electrons. The van der Waals surface area contributed by atoms with Crippen LogP contribution in [0.1, 0.15) is 46.6 Å². The summed E-state index contributed by atoms with van der Waals surface area (Å²) >= 11 is 0. The van der Waals surface area contributed by atoms with Crippen LogP contribution in [0.5, 0.6) is 5.75 Å². The average Bonchev–Trinajstić information content (AvgIpc) is 3.04. The van der Waals surface area contributed by atoms with Gasteiger partial charge in [-0.15, -0.1) is 24.8 Å². The second kappa shape index (κ2) is 9.32. The lowest BCUT2D eigenvalue weighted by Crippen LogP contribution is -2.35. The zero-order valence-electron chi connectivity index (χ0n) is 17.1. The third-order valence-electron chi connectivity index (χ3n) is 5.78. The normalized spacial score (nSPS) is 17.5. The highest BCUT2D eigenvalue weighted by Gasteiger charge is 2.27.